The fourth-order valence-corrected chi connectivity index (χ4v) is 3.07. The Bertz CT molecular complexity index is 984. The number of hydrogen-bond acceptors (Lipinski definition) is 6. The molecule has 0 spiro atoms. The molecule has 1 fully saturated rings. The summed E-state index contributed by atoms with van der Waals surface area (Å²) in [5.41, 5.74) is 0.617. The van der Waals surface area contributed by atoms with Gasteiger partial charge in [-0.3, -0.25) is 14.9 Å². The van der Waals surface area contributed by atoms with Crippen molar-refractivity contribution in [2.45, 2.75) is 23.8 Å². The lowest BCUT2D eigenvalue weighted by atomic mass is 10.1. The van der Waals surface area contributed by atoms with Crippen molar-refractivity contribution in [2.75, 3.05) is 16.9 Å². The fraction of sp³-hybridized carbons (Fsp3) is 0.235. The zero-order valence-corrected chi connectivity index (χ0v) is 14.7. The van der Waals surface area contributed by atoms with E-state index in [4.69, 9.17) is 0 Å². The van der Waals surface area contributed by atoms with Crippen LogP contribution in [0.3, 0.4) is 0 Å². The molecule has 1 aliphatic rings. The Morgan fingerprint density at radius 3 is 2.54 bits per heavy atom. The van der Waals surface area contributed by atoms with Crippen molar-refractivity contribution < 1.29 is 18.1 Å². The highest BCUT2D eigenvalue weighted by molar-refractivity contribution is 7.90. The van der Waals surface area contributed by atoms with E-state index < -0.39 is 20.7 Å². The number of hydrogen-bond donors (Lipinski definition) is 2. The van der Waals surface area contributed by atoms with Gasteiger partial charge in [-0.15, -0.1) is 0 Å². The maximum atomic E-state index is 12.4. The van der Waals surface area contributed by atoms with Gasteiger partial charge in [0.25, 0.3) is 11.6 Å². The van der Waals surface area contributed by atoms with Gasteiger partial charge in [0, 0.05) is 29.6 Å². The summed E-state index contributed by atoms with van der Waals surface area (Å²) in [6, 6.07) is 10.3. The van der Waals surface area contributed by atoms with Crippen molar-refractivity contribution in [2.24, 2.45) is 0 Å². The summed E-state index contributed by atoms with van der Waals surface area (Å²) in [6.45, 7) is 0. The van der Waals surface area contributed by atoms with E-state index in [1.807, 2.05) is 0 Å². The molecule has 1 saturated carbocycles. The lowest BCUT2D eigenvalue weighted by molar-refractivity contribution is -0.384. The second-order valence-corrected chi connectivity index (χ2v) is 8.18. The normalized spacial score (nSPS) is 13.9. The number of nitrogens with zero attached hydrogens (tertiary/aromatic N) is 1. The van der Waals surface area contributed by atoms with Crippen LogP contribution in [-0.4, -0.2) is 31.5 Å². The summed E-state index contributed by atoms with van der Waals surface area (Å²) in [7, 11) is -3.40. The minimum absolute atomic E-state index is 0.0743. The zero-order valence-electron chi connectivity index (χ0n) is 13.9. The monoisotopic (exact) mass is 375 g/mol. The van der Waals surface area contributed by atoms with Gasteiger partial charge in [-0.1, -0.05) is 6.07 Å². The predicted octanol–water partition coefficient (Wildman–Crippen LogP) is 2.82. The number of rotatable bonds is 6. The Kier molecular flexibility index (Phi) is 4.64. The van der Waals surface area contributed by atoms with Crippen LogP contribution in [-0.2, 0) is 9.84 Å². The summed E-state index contributed by atoms with van der Waals surface area (Å²) in [4.78, 5) is 23.2. The van der Waals surface area contributed by atoms with Gasteiger partial charge in [-0.2, -0.15) is 0 Å². The van der Waals surface area contributed by atoms with Crippen molar-refractivity contribution in [3.8, 4) is 0 Å². The number of benzene rings is 2. The first-order valence-electron chi connectivity index (χ1n) is 7.90. The molecule has 2 aromatic rings. The van der Waals surface area contributed by atoms with Crippen LogP contribution in [0.15, 0.2) is 47.4 Å². The minimum Gasteiger partial charge on any atom is -0.377 e. The number of anilines is 2. The maximum Gasteiger partial charge on any atom is 0.293 e. The van der Waals surface area contributed by atoms with Gasteiger partial charge >= 0.3 is 0 Å². The van der Waals surface area contributed by atoms with E-state index in [2.05, 4.69) is 10.6 Å². The summed E-state index contributed by atoms with van der Waals surface area (Å²) in [6.07, 6.45) is 3.01. The maximum absolute atomic E-state index is 12.4. The highest BCUT2D eigenvalue weighted by Gasteiger charge is 2.25. The highest BCUT2D eigenvalue weighted by Crippen LogP contribution is 2.31. The van der Waals surface area contributed by atoms with Crippen LogP contribution in [0, 0.1) is 10.1 Å². The number of amides is 1. The third-order valence-corrected chi connectivity index (χ3v) is 5.02. The number of nitro groups is 1. The molecule has 0 unspecified atom stereocenters. The quantitative estimate of drug-likeness (QED) is 0.592. The molecule has 26 heavy (non-hydrogen) atoms. The molecule has 0 aliphatic heterocycles. The highest BCUT2D eigenvalue weighted by atomic mass is 32.2. The van der Waals surface area contributed by atoms with Gasteiger partial charge < -0.3 is 10.6 Å². The van der Waals surface area contributed by atoms with E-state index in [0.29, 0.717) is 11.4 Å². The molecule has 0 aromatic heterocycles. The fourth-order valence-electron chi connectivity index (χ4n) is 2.40. The van der Waals surface area contributed by atoms with Gasteiger partial charge in [0.1, 0.15) is 5.69 Å². The largest absolute Gasteiger partial charge is 0.377 e. The third kappa shape index (κ3) is 4.17. The standard InChI is InChI=1S/C17H17N3O5S/c1-26(24,25)14-4-2-3-13(10-14)19-17(21)11-5-8-15(18-12-6-7-12)16(9-11)20(22)23/h2-5,8-10,12,18H,6-7H2,1H3,(H,19,21). The molecule has 2 N–H and O–H groups in total. The van der Waals surface area contributed by atoms with Crippen LogP contribution in [0.5, 0.6) is 0 Å². The molecular weight excluding hydrogens is 358 g/mol. The number of carbonyl (C=O) groups excluding carboxylic acids is 1. The van der Waals surface area contributed by atoms with E-state index in [-0.39, 0.29) is 22.2 Å². The molecule has 136 valence electrons. The molecule has 0 bridgehead atoms. The van der Waals surface area contributed by atoms with Crippen molar-refractivity contribution in [1.29, 1.82) is 0 Å². The van der Waals surface area contributed by atoms with E-state index in [9.17, 15) is 23.3 Å². The SMILES string of the molecule is CS(=O)(=O)c1cccc(NC(=O)c2ccc(NC3CC3)c([N+](=O)[O-])c2)c1. The van der Waals surface area contributed by atoms with E-state index in [1.54, 1.807) is 6.07 Å². The topological polar surface area (TPSA) is 118 Å². The first-order chi connectivity index (χ1) is 12.2. The molecule has 2 aromatic carbocycles. The Balaban J connectivity index is 1.83. The van der Waals surface area contributed by atoms with Crippen LogP contribution in [0.2, 0.25) is 0 Å². The summed E-state index contributed by atoms with van der Waals surface area (Å²) >= 11 is 0. The van der Waals surface area contributed by atoms with E-state index >= 15 is 0 Å². The Labute approximate surface area is 150 Å². The van der Waals surface area contributed by atoms with E-state index in [0.717, 1.165) is 19.1 Å². The summed E-state index contributed by atoms with van der Waals surface area (Å²) in [5, 5.41) is 16.9. The van der Waals surface area contributed by atoms with Gasteiger partial charge in [0.05, 0.1) is 9.82 Å². The Morgan fingerprint density at radius 1 is 1.19 bits per heavy atom. The van der Waals surface area contributed by atoms with Crippen LogP contribution in [0.25, 0.3) is 0 Å². The van der Waals surface area contributed by atoms with Crippen LogP contribution < -0.4 is 10.6 Å². The molecule has 0 heterocycles. The van der Waals surface area contributed by atoms with E-state index in [1.165, 1.54) is 36.4 Å². The number of carbonyl (C=O) groups is 1. The minimum atomic E-state index is -3.40. The van der Waals surface area contributed by atoms with Gasteiger partial charge in [0.2, 0.25) is 0 Å². The van der Waals surface area contributed by atoms with Crippen LogP contribution in [0.1, 0.15) is 23.2 Å². The van der Waals surface area contributed by atoms with Gasteiger partial charge in [0.15, 0.2) is 9.84 Å². The number of nitrogens with one attached hydrogen (secondary N) is 2. The molecule has 0 saturated heterocycles. The summed E-state index contributed by atoms with van der Waals surface area (Å²) in [5.74, 6) is -0.559. The van der Waals surface area contributed by atoms with Crippen molar-refractivity contribution in [3.05, 3.63) is 58.1 Å². The third-order valence-electron chi connectivity index (χ3n) is 3.91. The molecule has 1 amide bonds. The molecule has 8 nitrogen and oxygen atoms in total. The zero-order chi connectivity index (χ0) is 18.9. The first-order valence-corrected chi connectivity index (χ1v) is 9.79. The lowest BCUT2D eigenvalue weighted by Gasteiger charge is -2.09. The molecule has 0 atom stereocenters. The second-order valence-electron chi connectivity index (χ2n) is 6.16. The van der Waals surface area contributed by atoms with Crippen molar-refractivity contribution in [1.82, 2.24) is 0 Å². The molecule has 0 radical (unpaired) electrons. The van der Waals surface area contributed by atoms with Gasteiger partial charge in [-0.05, 0) is 43.2 Å². The molecule has 3 rings (SSSR count). The predicted molar refractivity (Wildman–Crippen MR) is 97.2 cm³/mol. The lowest BCUT2D eigenvalue weighted by Crippen LogP contribution is -2.13. The van der Waals surface area contributed by atoms with Crippen molar-refractivity contribution >= 4 is 32.8 Å². The molecular formula is C17H17N3O5S. The average Bonchev–Trinajstić information content (AvgIpc) is 3.38. The second kappa shape index (κ2) is 6.75. The average molecular weight is 375 g/mol. The van der Waals surface area contributed by atoms with Crippen LogP contribution >= 0.6 is 0 Å². The van der Waals surface area contributed by atoms with Crippen LogP contribution in [0.4, 0.5) is 17.1 Å². The Hall–Kier alpha value is -2.94. The Morgan fingerprint density at radius 2 is 1.92 bits per heavy atom. The summed E-state index contributed by atoms with van der Waals surface area (Å²) < 4.78 is 23.2. The van der Waals surface area contributed by atoms with Gasteiger partial charge in [-0.25, -0.2) is 8.42 Å². The number of sulfone groups is 1. The first kappa shape index (κ1) is 17.9. The number of nitro benzene ring substituents is 1. The van der Waals surface area contributed by atoms with Crippen molar-refractivity contribution in [3.63, 3.8) is 0 Å². The molecule has 9 heteroatoms. The molecule has 1 aliphatic carbocycles. The smallest absolute Gasteiger partial charge is 0.293 e.